The van der Waals surface area contributed by atoms with Gasteiger partial charge in [0.15, 0.2) is 0 Å². The van der Waals surface area contributed by atoms with Crippen molar-refractivity contribution in [3.8, 4) is 11.4 Å². The molecule has 1 aliphatic heterocycles. The van der Waals surface area contributed by atoms with E-state index in [-0.39, 0.29) is 5.56 Å². The number of aromatic nitrogens is 3. The molecule has 0 fully saturated rings. The van der Waals surface area contributed by atoms with Crippen LogP contribution in [0.3, 0.4) is 0 Å². The van der Waals surface area contributed by atoms with E-state index in [0.717, 1.165) is 36.4 Å². The van der Waals surface area contributed by atoms with Gasteiger partial charge in [-0.3, -0.25) is 14.3 Å². The largest absolute Gasteiger partial charge is 0.487 e. The van der Waals surface area contributed by atoms with Crippen LogP contribution in [0.25, 0.3) is 16.6 Å². The first kappa shape index (κ1) is 17.7. The fourth-order valence-corrected chi connectivity index (χ4v) is 3.93. The number of benzene rings is 1. The molecule has 29 heavy (non-hydrogen) atoms. The van der Waals surface area contributed by atoms with E-state index in [0.29, 0.717) is 12.4 Å². The number of pyridine rings is 2. The van der Waals surface area contributed by atoms with Crippen molar-refractivity contribution in [2.45, 2.75) is 19.6 Å². The van der Waals surface area contributed by atoms with Crippen LogP contribution in [-0.4, -0.2) is 33.0 Å². The molecule has 0 amide bonds. The number of nitrogens with one attached hydrogen (secondary N) is 1. The van der Waals surface area contributed by atoms with E-state index >= 15 is 0 Å². The van der Waals surface area contributed by atoms with E-state index in [9.17, 15) is 4.79 Å². The van der Waals surface area contributed by atoms with Gasteiger partial charge >= 0.3 is 0 Å². The third kappa shape index (κ3) is 3.43. The third-order valence-electron chi connectivity index (χ3n) is 5.43. The molecule has 6 nitrogen and oxygen atoms in total. The number of likely N-dealkylation sites (N-methyl/N-ethyl adjacent to an activating group) is 1. The second kappa shape index (κ2) is 7.22. The van der Waals surface area contributed by atoms with Crippen molar-refractivity contribution in [3.05, 3.63) is 88.2 Å². The Labute approximate surface area is 168 Å². The number of nitrogens with zero attached hydrogens (tertiary/aromatic N) is 3. The zero-order valence-electron chi connectivity index (χ0n) is 16.3. The van der Waals surface area contributed by atoms with Crippen molar-refractivity contribution in [3.63, 3.8) is 0 Å². The van der Waals surface area contributed by atoms with Crippen LogP contribution in [0.1, 0.15) is 17.0 Å². The van der Waals surface area contributed by atoms with Crippen LogP contribution in [0.4, 0.5) is 0 Å². The standard InChI is InChI=1S/C23H22N4O2/c1-26-10-8-20-19-6-5-17(12-21(19)25-22(20)14-26)27-11-7-18(13-23(27)28)29-15-16-4-2-3-9-24-16/h2-7,9,11-13,25H,8,10,14-15H2,1H3. The van der Waals surface area contributed by atoms with Gasteiger partial charge in [-0.15, -0.1) is 0 Å². The Morgan fingerprint density at radius 1 is 1.17 bits per heavy atom. The molecule has 0 atom stereocenters. The lowest BCUT2D eigenvalue weighted by Crippen LogP contribution is -2.26. The highest BCUT2D eigenvalue weighted by atomic mass is 16.5. The fraction of sp³-hybridized carbons (Fsp3) is 0.217. The summed E-state index contributed by atoms with van der Waals surface area (Å²) in [6.07, 6.45) is 4.53. The number of fused-ring (bicyclic) bond motifs is 3. The van der Waals surface area contributed by atoms with E-state index in [1.807, 2.05) is 36.4 Å². The summed E-state index contributed by atoms with van der Waals surface area (Å²) < 4.78 is 7.35. The zero-order chi connectivity index (χ0) is 19.8. The first-order valence-corrected chi connectivity index (χ1v) is 9.75. The van der Waals surface area contributed by atoms with Gasteiger partial charge < -0.3 is 14.6 Å². The molecule has 1 aliphatic rings. The summed E-state index contributed by atoms with van der Waals surface area (Å²) in [4.78, 5) is 22.8. The molecule has 0 saturated carbocycles. The van der Waals surface area contributed by atoms with Gasteiger partial charge in [-0.1, -0.05) is 12.1 Å². The first-order chi connectivity index (χ1) is 14.2. The van der Waals surface area contributed by atoms with Gasteiger partial charge in [0.2, 0.25) is 0 Å². The Bertz CT molecular complexity index is 1230. The molecule has 0 saturated heterocycles. The minimum atomic E-state index is -0.126. The number of hydrogen-bond donors (Lipinski definition) is 1. The maximum atomic E-state index is 12.7. The van der Waals surface area contributed by atoms with E-state index in [2.05, 4.69) is 28.0 Å². The van der Waals surface area contributed by atoms with Crippen molar-refractivity contribution in [2.75, 3.05) is 13.6 Å². The number of rotatable bonds is 4. The van der Waals surface area contributed by atoms with Gasteiger partial charge in [0.25, 0.3) is 5.56 Å². The van der Waals surface area contributed by atoms with Gasteiger partial charge in [0, 0.05) is 48.1 Å². The Kier molecular flexibility index (Phi) is 4.41. The molecule has 0 bridgehead atoms. The van der Waals surface area contributed by atoms with Crippen LogP contribution in [0.15, 0.2) is 65.7 Å². The third-order valence-corrected chi connectivity index (χ3v) is 5.43. The highest BCUT2D eigenvalue weighted by molar-refractivity contribution is 5.86. The van der Waals surface area contributed by atoms with Gasteiger partial charge in [0.1, 0.15) is 12.4 Å². The lowest BCUT2D eigenvalue weighted by atomic mass is 10.0. The summed E-state index contributed by atoms with van der Waals surface area (Å²) in [6.45, 7) is 2.33. The maximum absolute atomic E-state index is 12.7. The average Bonchev–Trinajstić information content (AvgIpc) is 3.09. The normalized spacial score (nSPS) is 14.1. The van der Waals surface area contributed by atoms with Crippen molar-refractivity contribution in [1.29, 1.82) is 0 Å². The van der Waals surface area contributed by atoms with E-state index in [1.165, 1.54) is 22.7 Å². The van der Waals surface area contributed by atoms with Gasteiger partial charge in [-0.25, -0.2) is 0 Å². The van der Waals surface area contributed by atoms with Crippen molar-refractivity contribution >= 4 is 10.9 Å². The number of H-pyrrole nitrogens is 1. The van der Waals surface area contributed by atoms with Crippen LogP contribution < -0.4 is 10.3 Å². The highest BCUT2D eigenvalue weighted by Gasteiger charge is 2.18. The Morgan fingerprint density at radius 3 is 2.93 bits per heavy atom. The lowest BCUT2D eigenvalue weighted by molar-refractivity contribution is 0.300. The van der Waals surface area contributed by atoms with Gasteiger partial charge in [-0.05, 0) is 49.4 Å². The fourth-order valence-electron chi connectivity index (χ4n) is 3.93. The summed E-state index contributed by atoms with van der Waals surface area (Å²) in [7, 11) is 2.14. The van der Waals surface area contributed by atoms with E-state index < -0.39 is 0 Å². The Balaban J connectivity index is 1.41. The van der Waals surface area contributed by atoms with Crippen LogP contribution in [-0.2, 0) is 19.6 Å². The number of hydrogen-bond acceptors (Lipinski definition) is 4. The molecule has 5 rings (SSSR count). The molecule has 1 N–H and O–H groups in total. The minimum Gasteiger partial charge on any atom is -0.487 e. The molecular weight excluding hydrogens is 364 g/mol. The predicted molar refractivity (Wildman–Crippen MR) is 113 cm³/mol. The second-order valence-corrected chi connectivity index (χ2v) is 7.48. The van der Waals surface area contributed by atoms with Crippen LogP contribution >= 0.6 is 0 Å². The topological polar surface area (TPSA) is 63.1 Å². The molecule has 0 aliphatic carbocycles. The zero-order valence-corrected chi connectivity index (χ0v) is 16.3. The molecule has 0 unspecified atom stereocenters. The predicted octanol–water partition coefficient (Wildman–Crippen LogP) is 3.28. The van der Waals surface area contributed by atoms with Gasteiger partial charge in [0.05, 0.1) is 11.4 Å². The van der Waals surface area contributed by atoms with Crippen molar-refractivity contribution in [2.24, 2.45) is 0 Å². The number of aromatic amines is 1. The SMILES string of the molecule is CN1CCc2c([nH]c3cc(-n4ccc(OCc5ccccn5)cc4=O)ccc23)C1. The summed E-state index contributed by atoms with van der Waals surface area (Å²) in [6, 6.07) is 15.2. The summed E-state index contributed by atoms with van der Waals surface area (Å²) in [5, 5.41) is 1.25. The van der Waals surface area contributed by atoms with Crippen molar-refractivity contribution in [1.82, 2.24) is 19.4 Å². The average molecular weight is 386 g/mol. The Hall–Kier alpha value is -3.38. The smallest absolute Gasteiger partial charge is 0.258 e. The quantitative estimate of drug-likeness (QED) is 0.585. The summed E-state index contributed by atoms with van der Waals surface area (Å²) >= 11 is 0. The maximum Gasteiger partial charge on any atom is 0.258 e. The summed E-state index contributed by atoms with van der Waals surface area (Å²) in [5.41, 5.74) is 5.28. The monoisotopic (exact) mass is 386 g/mol. The van der Waals surface area contributed by atoms with Gasteiger partial charge in [-0.2, -0.15) is 0 Å². The molecular formula is C23H22N4O2. The molecule has 146 valence electrons. The van der Waals surface area contributed by atoms with E-state index in [1.54, 1.807) is 17.0 Å². The first-order valence-electron chi connectivity index (χ1n) is 9.75. The lowest BCUT2D eigenvalue weighted by Gasteiger charge is -2.22. The number of ether oxygens (including phenoxy) is 1. The summed E-state index contributed by atoms with van der Waals surface area (Å²) in [5.74, 6) is 0.538. The highest BCUT2D eigenvalue weighted by Crippen LogP contribution is 2.28. The molecule has 0 spiro atoms. The van der Waals surface area contributed by atoms with Crippen LogP contribution in [0.2, 0.25) is 0 Å². The molecule has 0 radical (unpaired) electrons. The van der Waals surface area contributed by atoms with E-state index in [4.69, 9.17) is 4.74 Å². The molecule has 6 heteroatoms. The second-order valence-electron chi connectivity index (χ2n) is 7.48. The molecule has 1 aromatic carbocycles. The minimum absolute atomic E-state index is 0.126. The Morgan fingerprint density at radius 2 is 2.10 bits per heavy atom. The van der Waals surface area contributed by atoms with Crippen LogP contribution in [0.5, 0.6) is 5.75 Å². The molecule has 4 heterocycles. The van der Waals surface area contributed by atoms with Crippen molar-refractivity contribution < 1.29 is 4.74 Å². The molecule has 3 aromatic heterocycles. The molecule has 4 aromatic rings. The van der Waals surface area contributed by atoms with Crippen LogP contribution in [0, 0.1) is 0 Å².